The van der Waals surface area contributed by atoms with E-state index in [1.165, 1.54) is 25.0 Å². The Kier molecular flexibility index (Phi) is 4.95. The fourth-order valence-electron chi connectivity index (χ4n) is 2.51. The van der Waals surface area contributed by atoms with Gasteiger partial charge in [0, 0.05) is 18.7 Å². The van der Waals surface area contributed by atoms with Crippen LogP contribution in [0.5, 0.6) is 0 Å². The molecule has 0 spiro atoms. The van der Waals surface area contributed by atoms with Crippen LogP contribution in [0.1, 0.15) is 30.1 Å². The van der Waals surface area contributed by atoms with Gasteiger partial charge in [-0.15, -0.1) is 0 Å². The Morgan fingerprint density at radius 1 is 1.45 bits per heavy atom. The lowest BCUT2D eigenvalue weighted by atomic mass is 10.1. The number of nitrogens with two attached hydrogens (primary N) is 1. The van der Waals surface area contributed by atoms with Gasteiger partial charge in [-0.05, 0) is 50.0 Å². The van der Waals surface area contributed by atoms with E-state index >= 15 is 0 Å². The fraction of sp³-hybridized carbons (Fsp3) is 0.533. The first-order valence-corrected chi connectivity index (χ1v) is 7.12. The van der Waals surface area contributed by atoms with Crippen LogP contribution >= 0.6 is 0 Å². The molecule has 4 nitrogen and oxygen atoms in total. The number of hydrogen-bond donors (Lipinski definition) is 2. The van der Waals surface area contributed by atoms with Gasteiger partial charge in [-0.2, -0.15) is 0 Å². The van der Waals surface area contributed by atoms with E-state index in [1.54, 1.807) is 6.07 Å². The fourth-order valence-corrected chi connectivity index (χ4v) is 2.51. The standard InChI is InChI=1S/C15H22FN3O/c1-11(10-19-6-2-3-7-19)9-18-15(20)12-4-5-14(17)13(16)8-12/h4-5,8,11H,2-3,6-7,9-10,17H2,1H3,(H,18,20). The topological polar surface area (TPSA) is 58.4 Å². The van der Waals surface area contributed by atoms with Gasteiger partial charge in [0.15, 0.2) is 0 Å². The molecule has 1 unspecified atom stereocenters. The summed E-state index contributed by atoms with van der Waals surface area (Å²) >= 11 is 0. The SMILES string of the molecule is CC(CNC(=O)c1ccc(N)c(F)c1)CN1CCCC1. The van der Waals surface area contributed by atoms with E-state index in [9.17, 15) is 9.18 Å². The third-order valence-corrected chi connectivity index (χ3v) is 3.64. The van der Waals surface area contributed by atoms with Gasteiger partial charge >= 0.3 is 0 Å². The second kappa shape index (κ2) is 6.70. The van der Waals surface area contributed by atoms with E-state index in [1.807, 2.05) is 0 Å². The molecule has 0 aromatic heterocycles. The number of rotatable bonds is 5. The zero-order valence-electron chi connectivity index (χ0n) is 11.9. The van der Waals surface area contributed by atoms with Crippen LogP contribution in [0.2, 0.25) is 0 Å². The zero-order chi connectivity index (χ0) is 14.5. The molecular weight excluding hydrogens is 257 g/mol. The molecule has 5 heteroatoms. The van der Waals surface area contributed by atoms with Crippen molar-refractivity contribution in [3.8, 4) is 0 Å². The summed E-state index contributed by atoms with van der Waals surface area (Å²) in [5, 5.41) is 2.85. The lowest BCUT2D eigenvalue weighted by molar-refractivity contribution is 0.0944. The molecule has 2 rings (SSSR count). The van der Waals surface area contributed by atoms with Crippen LogP contribution in [0, 0.1) is 11.7 Å². The summed E-state index contributed by atoms with van der Waals surface area (Å²) in [5.74, 6) is -0.421. The predicted octanol–water partition coefficient (Wildman–Crippen LogP) is 1.87. The number of carbonyl (C=O) groups is 1. The predicted molar refractivity (Wildman–Crippen MR) is 78.0 cm³/mol. The first kappa shape index (κ1) is 14.8. The van der Waals surface area contributed by atoms with Crippen LogP contribution in [0.4, 0.5) is 10.1 Å². The van der Waals surface area contributed by atoms with Crippen molar-refractivity contribution in [1.82, 2.24) is 10.2 Å². The molecular formula is C15H22FN3O. The molecule has 1 fully saturated rings. The Bertz CT molecular complexity index is 472. The molecule has 20 heavy (non-hydrogen) atoms. The first-order chi connectivity index (χ1) is 9.56. The van der Waals surface area contributed by atoms with Crippen molar-refractivity contribution in [2.75, 3.05) is 31.9 Å². The third-order valence-electron chi connectivity index (χ3n) is 3.64. The van der Waals surface area contributed by atoms with E-state index in [0.29, 0.717) is 18.0 Å². The van der Waals surface area contributed by atoms with Crippen molar-refractivity contribution in [1.29, 1.82) is 0 Å². The summed E-state index contributed by atoms with van der Waals surface area (Å²) in [5.41, 5.74) is 5.76. The maximum absolute atomic E-state index is 13.3. The van der Waals surface area contributed by atoms with Crippen molar-refractivity contribution < 1.29 is 9.18 Å². The monoisotopic (exact) mass is 279 g/mol. The molecule has 1 aromatic carbocycles. The van der Waals surface area contributed by atoms with Gasteiger partial charge in [-0.3, -0.25) is 4.79 Å². The smallest absolute Gasteiger partial charge is 0.251 e. The summed E-state index contributed by atoms with van der Waals surface area (Å²) in [7, 11) is 0. The Balaban J connectivity index is 1.80. The first-order valence-electron chi connectivity index (χ1n) is 7.12. The number of hydrogen-bond acceptors (Lipinski definition) is 3. The number of nitrogen functional groups attached to an aromatic ring is 1. The molecule has 0 saturated carbocycles. The molecule has 1 aromatic rings. The van der Waals surface area contributed by atoms with Gasteiger partial charge in [0.25, 0.3) is 5.91 Å². The van der Waals surface area contributed by atoms with Crippen molar-refractivity contribution in [3.63, 3.8) is 0 Å². The largest absolute Gasteiger partial charge is 0.396 e. The number of carbonyl (C=O) groups excluding carboxylic acids is 1. The Labute approximate surface area is 119 Å². The molecule has 110 valence electrons. The van der Waals surface area contributed by atoms with E-state index in [-0.39, 0.29) is 11.6 Å². The maximum atomic E-state index is 13.3. The second-order valence-electron chi connectivity index (χ2n) is 5.56. The normalized spacial score (nSPS) is 17.1. The van der Waals surface area contributed by atoms with Gasteiger partial charge in [0.2, 0.25) is 0 Å². The van der Waals surface area contributed by atoms with Gasteiger partial charge in [0.05, 0.1) is 5.69 Å². The highest BCUT2D eigenvalue weighted by atomic mass is 19.1. The van der Waals surface area contributed by atoms with Crippen LogP contribution in [0.15, 0.2) is 18.2 Å². The van der Waals surface area contributed by atoms with E-state index in [2.05, 4.69) is 17.1 Å². The van der Waals surface area contributed by atoms with Crippen molar-refractivity contribution >= 4 is 11.6 Å². The van der Waals surface area contributed by atoms with Crippen LogP contribution in [-0.2, 0) is 0 Å². The van der Waals surface area contributed by atoms with Crippen molar-refractivity contribution in [2.45, 2.75) is 19.8 Å². The van der Waals surface area contributed by atoms with E-state index in [4.69, 9.17) is 5.73 Å². The van der Waals surface area contributed by atoms with Gasteiger partial charge < -0.3 is 16.0 Å². The highest BCUT2D eigenvalue weighted by Crippen LogP contribution is 2.12. The number of halogens is 1. The highest BCUT2D eigenvalue weighted by molar-refractivity contribution is 5.94. The zero-order valence-corrected chi connectivity index (χ0v) is 11.9. The Morgan fingerprint density at radius 3 is 2.80 bits per heavy atom. The van der Waals surface area contributed by atoms with E-state index < -0.39 is 5.82 Å². The highest BCUT2D eigenvalue weighted by Gasteiger charge is 2.15. The van der Waals surface area contributed by atoms with E-state index in [0.717, 1.165) is 19.6 Å². The number of likely N-dealkylation sites (tertiary alicyclic amines) is 1. The lowest BCUT2D eigenvalue weighted by Crippen LogP contribution is -2.34. The minimum atomic E-state index is -0.553. The number of anilines is 1. The third kappa shape index (κ3) is 3.93. The van der Waals surface area contributed by atoms with Crippen LogP contribution < -0.4 is 11.1 Å². The molecule has 1 aliphatic rings. The van der Waals surface area contributed by atoms with Crippen LogP contribution in [0.25, 0.3) is 0 Å². The molecule has 3 N–H and O–H groups in total. The Hall–Kier alpha value is -1.62. The van der Waals surface area contributed by atoms with Crippen LogP contribution in [0.3, 0.4) is 0 Å². The average molecular weight is 279 g/mol. The summed E-state index contributed by atoms with van der Waals surface area (Å²) in [6, 6.07) is 4.13. The molecule has 0 aliphatic carbocycles. The summed E-state index contributed by atoms with van der Waals surface area (Å²) in [4.78, 5) is 14.3. The average Bonchev–Trinajstić information content (AvgIpc) is 2.92. The molecule has 0 bridgehead atoms. The molecule has 1 saturated heterocycles. The number of amides is 1. The minimum Gasteiger partial charge on any atom is -0.396 e. The summed E-state index contributed by atoms with van der Waals surface area (Å²) < 4.78 is 13.3. The number of nitrogens with zero attached hydrogens (tertiary/aromatic N) is 1. The molecule has 1 aliphatic heterocycles. The van der Waals surface area contributed by atoms with Crippen molar-refractivity contribution in [2.24, 2.45) is 5.92 Å². The van der Waals surface area contributed by atoms with Crippen LogP contribution in [-0.4, -0.2) is 37.0 Å². The second-order valence-corrected chi connectivity index (χ2v) is 5.56. The number of benzene rings is 1. The quantitative estimate of drug-likeness (QED) is 0.809. The van der Waals surface area contributed by atoms with Gasteiger partial charge in [-0.25, -0.2) is 4.39 Å². The Morgan fingerprint density at radius 2 is 2.15 bits per heavy atom. The lowest BCUT2D eigenvalue weighted by Gasteiger charge is -2.20. The summed E-state index contributed by atoms with van der Waals surface area (Å²) in [6.07, 6.45) is 2.54. The molecule has 1 amide bonds. The van der Waals surface area contributed by atoms with Gasteiger partial charge in [-0.1, -0.05) is 6.92 Å². The molecule has 1 atom stereocenters. The molecule has 1 heterocycles. The molecule has 0 radical (unpaired) electrons. The number of nitrogens with one attached hydrogen (secondary N) is 1. The maximum Gasteiger partial charge on any atom is 0.251 e. The minimum absolute atomic E-state index is 0.0592. The van der Waals surface area contributed by atoms with Crippen molar-refractivity contribution in [3.05, 3.63) is 29.6 Å². The summed E-state index contributed by atoms with van der Waals surface area (Å²) in [6.45, 7) is 6.02. The van der Waals surface area contributed by atoms with Gasteiger partial charge in [0.1, 0.15) is 5.82 Å².